The van der Waals surface area contributed by atoms with Gasteiger partial charge in [-0.1, -0.05) is 66.6 Å². The van der Waals surface area contributed by atoms with Crippen LogP contribution in [0.2, 0.25) is 0 Å². The van der Waals surface area contributed by atoms with E-state index in [9.17, 15) is 4.79 Å². The standard InChI is InChI=1S/C20H21NO2/c1-4-15-20(23-3,18-13-9-6-10-14-18)19(22)21-16(2)17-11-7-5-8-12-17/h5-14,16H,1-3H3,(H,21,22)/t16-,20-/m0/s1. The normalized spacial score (nSPS) is 14.0. The van der Waals surface area contributed by atoms with Crippen LogP contribution < -0.4 is 5.32 Å². The first-order valence-electron chi connectivity index (χ1n) is 7.54. The number of nitrogens with one attached hydrogen (secondary N) is 1. The van der Waals surface area contributed by atoms with Crippen LogP contribution in [0.4, 0.5) is 0 Å². The molecule has 0 spiro atoms. The van der Waals surface area contributed by atoms with Crippen molar-refractivity contribution in [3.8, 4) is 11.8 Å². The van der Waals surface area contributed by atoms with E-state index in [1.807, 2.05) is 67.6 Å². The highest BCUT2D eigenvalue weighted by atomic mass is 16.5. The Morgan fingerprint density at radius 3 is 2.17 bits per heavy atom. The third kappa shape index (κ3) is 3.61. The molecule has 2 aromatic rings. The maximum absolute atomic E-state index is 12.9. The molecule has 2 rings (SSSR count). The molecule has 118 valence electrons. The molecular formula is C20H21NO2. The van der Waals surface area contributed by atoms with Crippen molar-refractivity contribution in [1.29, 1.82) is 0 Å². The molecular weight excluding hydrogens is 286 g/mol. The van der Waals surface area contributed by atoms with E-state index in [4.69, 9.17) is 4.74 Å². The highest BCUT2D eigenvalue weighted by molar-refractivity contribution is 5.90. The first-order chi connectivity index (χ1) is 11.1. The van der Waals surface area contributed by atoms with E-state index in [1.165, 1.54) is 7.11 Å². The SMILES string of the molecule is CC#C[C@@](OC)(C(=O)N[C@@H](C)c1ccccc1)c1ccccc1. The summed E-state index contributed by atoms with van der Waals surface area (Å²) >= 11 is 0. The van der Waals surface area contributed by atoms with E-state index >= 15 is 0 Å². The van der Waals surface area contributed by atoms with Crippen molar-refractivity contribution >= 4 is 5.91 Å². The van der Waals surface area contributed by atoms with Crippen molar-refractivity contribution in [3.63, 3.8) is 0 Å². The van der Waals surface area contributed by atoms with E-state index in [2.05, 4.69) is 17.2 Å². The van der Waals surface area contributed by atoms with Gasteiger partial charge in [-0.2, -0.15) is 0 Å². The smallest absolute Gasteiger partial charge is 0.270 e. The van der Waals surface area contributed by atoms with Crippen LogP contribution in [0.1, 0.15) is 31.0 Å². The molecule has 2 aromatic carbocycles. The second kappa shape index (κ2) is 7.62. The first-order valence-corrected chi connectivity index (χ1v) is 7.54. The van der Waals surface area contributed by atoms with Gasteiger partial charge in [0.25, 0.3) is 5.91 Å². The molecule has 23 heavy (non-hydrogen) atoms. The van der Waals surface area contributed by atoms with Crippen molar-refractivity contribution in [1.82, 2.24) is 5.32 Å². The van der Waals surface area contributed by atoms with Gasteiger partial charge < -0.3 is 10.1 Å². The maximum Gasteiger partial charge on any atom is 0.270 e. The largest absolute Gasteiger partial charge is 0.353 e. The quantitative estimate of drug-likeness (QED) is 0.860. The van der Waals surface area contributed by atoms with Gasteiger partial charge >= 0.3 is 0 Å². The number of carbonyl (C=O) groups excluding carboxylic acids is 1. The summed E-state index contributed by atoms with van der Waals surface area (Å²) in [6.45, 7) is 3.64. The Balaban J connectivity index is 2.32. The van der Waals surface area contributed by atoms with Crippen LogP contribution in [-0.4, -0.2) is 13.0 Å². The molecule has 1 N–H and O–H groups in total. The lowest BCUT2D eigenvalue weighted by Gasteiger charge is -2.28. The number of ether oxygens (including phenoxy) is 1. The van der Waals surface area contributed by atoms with Crippen molar-refractivity contribution in [3.05, 3.63) is 71.8 Å². The molecule has 0 aliphatic carbocycles. The molecule has 0 radical (unpaired) electrons. The number of hydrogen-bond acceptors (Lipinski definition) is 2. The number of benzene rings is 2. The molecule has 3 nitrogen and oxygen atoms in total. The molecule has 0 aliphatic rings. The average molecular weight is 307 g/mol. The summed E-state index contributed by atoms with van der Waals surface area (Å²) in [5, 5.41) is 3.00. The second-order valence-electron chi connectivity index (χ2n) is 5.23. The molecule has 0 saturated carbocycles. The minimum Gasteiger partial charge on any atom is -0.353 e. The lowest BCUT2D eigenvalue weighted by molar-refractivity contribution is -0.138. The molecule has 2 atom stereocenters. The Morgan fingerprint density at radius 1 is 1.09 bits per heavy atom. The molecule has 3 heteroatoms. The van der Waals surface area contributed by atoms with Crippen molar-refractivity contribution in [2.75, 3.05) is 7.11 Å². The summed E-state index contributed by atoms with van der Waals surface area (Å²) in [6, 6.07) is 19.0. The maximum atomic E-state index is 12.9. The highest BCUT2D eigenvalue weighted by Crippen LogP contribution is 2.26. The Hall–Kier alpha value is -2.57. The summed E-state index contributed by atoms with van der Waals surface area (Å²) in [7, 11) is 1.50. The van der Waals surface area contributed by atoms with Gasteiger partial charge in [-0.05, 0) is 19.4 Å². The zero-order valence-electron chi connectivity index (χ0n) is 13.7. The van der Waals surface area contributed by atoms with E-state index in [-0.39, 0.29) is 11.9 Å². The zero-order valence-corrected chi connectivity index (χ0v) is 13.7. The number of carbonyl (C=O) groups is 1. The third-order valence-electron chi connectivity index (χ3n) is 3.75. The number of hydrogen-bond donors (Lipinski definition) is 1. The first kappa shape index (κ1) is 16.8. The summed E-state index contributed by atoms with van der Waals surface area (Å²) in [5.41, 5.74) is 0.442. The number of methoxy groups -OCH3 is 1. The van der Waals surface area contributed by atoms with E-state index in [1.54, 1.807) is 6.92 Å². The Morgan fingerprint density at radius 2 is 1.65 bits per heavy atom. The fourth-order valence-corrected chi connectivity index (χ4v) is 2.49. The lowest BCUT2D eigenvalue weighted by atomic mass is 9.92. The summed E-state index contributed by atoms with van der Waals surface area (Å²) in [4.78, 5) is 12.9. The molecule has 1 amide bonds. The fourth-order valence-electron chi connectivity index (χ4n) is 2.49. The Kier molecular flexibility index (Phi) is 5.56. The average Bonchev–Trinajstić information content (AvgIpc) is 2.61. The van der Waals surface area contributed by atoms with Crippen molar-refractivity contribution < 1.29 is 9.53 Å². The summed E-state index contributed by atoms with van der Waals surface area (Å²) in [6.07, 6.45) is 0. The van der Waals surface area contributed by atoms with Crippen LogP contribution in [-0.2, 0) is 15.1 Å². The van der Waals surface area contributed by atoms with Crippen LogP contribution in [0.3, 0.4) is 0 Å². The van der Waals surface area contributed by atoms with Gasteiger partial charge in [0.15, 0.2) is 0 Å². The summed E-state index contributed by atoms with van der Waals surface area (Å²) < 4.78 is 5.58. The minimum absolute atomic E-state index is 0.138. The number of rotatable bonds is 5. The zero-order chi connectivity index (χ0) is 16.7. The number of amides is 1. The molecule has 0 unspecified atom stereocenters. The highest BCUT2D eigenvalue weighted by Gasteiger charge is 2.39. The Bertz CT molecular complexity index is 701. The molecule has 0 aromatic heterocycles. The predicted molar refractivity (Wildman–Crippen MR) is 91.6 cm³/mol. The second-order valence-corrected chi connectivity index (χ2v) is 5.23. The van der Waals surface area contributed by atoms with Crippen LogP contribution >= 0.6 is 0 Å². The topological polar surface area (TPSA) is 38.3 Å². The van der Waals surface area contributed by atoms with Crippen molar-refractivity contribution in [2.24, 2.45) is 0 Å². The summed E-state index contributed by atoms with van der Waals surface area (Å²) in [5.74, 6) is 5.48. The fraction of sp³-hybridized carbons (Fsp3) is 0.250. The van der Waals surface area contributed by atoms with Crippen LogP contribution in [0.5, 0.6) is 0 Å². The minimum atomic E-state index is -1.31. The van der Waals surface area contributed by atoms with Gasteiger partial charge in [-0.3, -0.25) is 4.79 Å². The van der Waals surface area contributed by atoms with Crippen LogP contribution in [0, 0.1) is 11.8 Å². The third-order valence-corrected chi connectivity index (χ3v) is 3.75. The van der Waals surface area contributed by atoms with Gasteiger partial charge in [0.05, 0.1) is 6.04 Å². The molecule has 0 heterocycles. The molecule has 0 fully saturated rings. The van der Waals surface area contributed by atoms with Crippen molar-refractivity contribution in [2.45, 2.75) is 25.5 Å². The van der Waals surface area contributed by atoms with E-state index in [0.29, 0.717) is 0 Å². The molecule has 0 aliphatic heterocycles. The van der Waals surface area contributed by atoms with Crippen LogP contribution in [0.15, 0.2) is 60.7 Å². The molecule has 0 saturated heterocycles. The van der Waals surface area contributed by atoms with Gasteiger partial charge in [-0.15, -0.1) is 5.92 Å². The van der Waals surface area contributed by atoms with Gasteiger partial charge in [0.1, 0.15) is 0 Å². The van der Waals surface area contributed by atoms with Gasteiger partial charge in [-0.25, -0.2) is 0 Å². The predicted octanol–water partition coefficient (Wildman–Crippen LogP) is 3.43. The lowest BCUT2D eigenvalue weighted by Crippen LogP contribution is -2.45. The Labute approximate surface area is 137 Å². The van der Waals surface area contributed by atoms with E-state index in [0.717, 1.165) is 11.1 Å². The van der Waals surface area contributed by atoms with Crippen LogP contribution in [0.25, 0.3) is 0 Å². The van der Waals surface area contributed by atoms with Gasteiger partial charge in [0, 0.05) is 12.7 Å². The monoisotopic (exact) mass is 307 g/mol. The molecule has 0 bridgehead atoms. The van der Waals surface area contributed by atoms with E-state index < -0.39 is 5.60 Å². The van der Waals surface area contributed by atoms with Gasteiger partial charge in [0.2, 0.25) is 5.60 Å².